The molecule has 0 saturated heterocycles. The molecule has 1 nitrogen and oxygen atoms in total. The lowest BCUT2D eigenvalue weighted by atomic mass is 9.62. The van der Waals surface area contributed by atoms with E-state index in [1.807, 2.05) is 0 Å². The molecule has 3 aromatic rings. The third-order valence-electron chi connectivity index (χ3n) is 9.33. The summed E-state index contributed by atoms with van der Waals surface area (Å²) in [6.45, 7) is 14.6. The number of ether oxygens (including phenoxy) is 1. The summed E-state index contributed by atoms with van der Waals surface area (Å²) in [7, 11) is -1.33. The molecule has 0 amide bonds. The molecule has 2 heteroatoms. The molecule has 2 saturated carbocycles. The molecule has 33 heavy (non-hydrogen) atoms. The van der Waals surface area contributed by atoms with E-state index in [-0.39, 0.29) is 16.4 Å². The Balaban J connectivity index is 1.57. The Morgan fingerprint density at radius 3 is 1.88 bits per heavy atom. The van der Waals surface area contributed by atoms with Crippen LogP contribution >= 0.6 is 0 Å². The van der Waals surface area contributed by atoms with Crippen LogP contribution in [0.25, 0.3) is 11.1 Å². The number of benzene rings is 3. The second kappa shape index (κ2) is 7.60. The lowest BCUT2D eigenvalue weighted by molar-refractivity contribution is -0.0741. The van der Waals surface area contributed by atoms with Gasteiger partial charge in [0.15, 0.2) is 0 Å². The number of hydrogen-bond acceptors (Lipinski definition) is 1. The van der Waals surface area contributed by atoms with Crippen LogP contribution in [0.5, 0.6) is 5.75 Å². The maximum atomic E-state index is 7.15. The Kier molecular flexibility index (Phi) is 5.17. The number of rotatable bonds is 5. The fourth-order valence-electron chi connectivity index (χ4n) is 6.68. The van der Waals surface area contributed by atoms with Crippen molar-refractivity contribution in [1.29, 1.82) is 0 Å². The summed E-state index contributed by atoms with van der Waals surface area (Å²) in [4.78, 5) is 0. The number of hydrogen-bond donors (Lipinski definition) is 0. The van der Waals surface area contributed by atoms with E-state index in [1.165, 1.54) is 34.7 Å². The van der Waals surface area contributed by atoms with Gasteiger partial charge in [0.05, 0.1) is 8.07 Å². The molecule has 2 fully saturated rings. The summed E-state index contributed by atoms with van der Waals surface area (Å²) in [5.74, 6) is 1.70. The smallest absolute Gasteiger partial charge is 0.140 e. The van der Waals surface area contributed by atoms with Gasteiger partial charge in [-0.25, -0.2) is 0 Å². The van der Waals surface area contributed by atoms with Gasteiger partial charge in [0, 0.05) is 5.41 Å². The van der Waals surface area contributed by atoms with Crippen LogP contribution < -0.4 is 9.92 Å². The second-order valence-electron chi connectivity index (χ2n) is 12.1. The van der Waals surface area contributed by atoms with Crippen molar-refractivity contribution in [3.05, 3.63) is 84.4 Å². The van der Waals surface area contributed by atoms with E-state index in [9.17, 15) is 0 Å². The van der Waals surface area contributed by atoms with E-state index in [4.69, 9.17) is 4.74 Å². The van der Waals surface area contributed by atoms with Gasteiger partial charge in [0.25, 0.3) is 0 Å². The van der Waals surface area contributed by atoms with Crippen LogP contribution in [-0.2, 0) is 5.60 Å². The van der Waals surface area contributed by atoms with Gasteiger partial charge in [-0.2, -0.15) is 0 Å². The lowest BCUT2D eigenvalue weighted by Crippen LogP contribution is -2.49. The van der Waals surface area contributed by atoms with E-state index >= 15 is 0 Å². The molecule has 5 rings (SSSR count). The Morgan fingerprint density at radius 2 is 1.36 bits per heavy atom. The van der Waals surface area contributed by atoms with Crippen LogP contribution in [0, 0.1) is 16.7 Å². The minimum absolute atomic E-state index is 0.0936. The molecule has 2 aliphatic rings. The molecule has 3 atom stereocenters. The first-order valence-electron chi connectivity index (χ1n) is 12.5. The molecular weight excluding hydrogens is 416 g/mol. The van der Waals surface area contributed by atoms with E-state index in [2.05, 4.69) is 119 Å². The van der Waals surface area contributed by atoms with E-state index in [0.29, 0.717) is 5.92 Å². The monoisotopic (exact) mass is 454 g/mol. The van der Waals surface area contributed by atoms with Crippen molar-refractivity contribution < 1.29 is 4.74 Å². The van der Waals surface area contributed by atoms with Gasteiger partial charge >= 0.3 is 0 Å². The summed E-state index contributed by atoms with van der Waals surface area (Å²) in [6, 6.07) is 28.9. The summed E-state index contributed by atoms with van der Waals surface area (Å²) < 4.78 is 7.15. The van der Waals surface area contributed by atoms with Gasteiger partial charge in [-0.3, -0.25) is 0 Å². The summed E-state index contributed by atoms with van der Waals surface area (Å²) >= 11 is 0. The lowest BCUT2D eigenvalue weighted by Gasteiger charge is -2.49. The van der Waals surface area contributed by atoms with Crippen molar-refractivity contribution in [2.45, 2.75) is 65.3 Å². The Morgan fingerprint density at radius 1 is 0.758 bits per heavy atom. The van der Waals surface area contributed by atoms with Crippen LogP contribution in [0.1, 0.15) is 45.6 Å². The summed E-state index contributed by atoms with van der Waals surface area (Å²) in [5, 5.41) is 1.48. The molecule has 0 aliphatic heterocycles. The van der Waals surface area contributed by atoms with E-state index < -0.39 is 8.07 Å². The zero-order chi connectivity index (χ0) is 23.5. The second-order valence-corrected chi connectivity index (χ2v) is 17.2. The van der Waals surface area contributed by atoms with Crippen LogP contribution in [0.2, 0.25) is 19.6 Å². The van der Waals surface area contributed by atoms with Crippen LogP contribution in [-0.4, -0.2) is 8.07 Å². The highest BCUT2D eigenvalue weighted by Crippen LogP contribution is 2.73. The van der Waals surface area contributed by atoms with Crippen molar-refractivity contribution in [2.75, 3.05) is 0 Å². The van der Waals surface area contributed by atoms with E-state index in [0.717, 1.165) is 12.2 Å². The van der Waals surface area contributed by atoms with Crippen LogP contribution in [0.4, 0.5) is 0 Å². The third kappa shape index (κ3) is 3.41. The minimum atomic E-state index is -1.33. The highest BCUT2D eigenvalue weighted by atomic mass is 28.3. The van der Waals surface area contributed by atoms with Gasteiger partial charge < -0.3 is 4.74 Å². The zero-order valence-corrected chi connectivity index (χ0v) is 22.1. The Bertz CT molecular complexity index is 1120. The standard InChI is InChI=1S/C31H38OSi/c1-29(2)26-20-21-30(29,3)31(22-26,32-27-16-18-28(19-17-27)33(4,5)6)25-14-12-24(13-15-25)23-10-8-7-9-11-23/h7-19,26H,20-22H2,1-6H3/t26-,30-,31+/m1/s1. The first-order valence-corrected chi connectivity index (χ1v) is 16.0. The molecule has 3 aromatic carbocycles. The average Bonchev–Trinajstić information content (AvgIpc) is 3.12. The molecular formula is C31H38OSi. The number of fused-ring (bicyclic) bond motifs is 2. The molecule has 172 valence electrons. The van der Waals surface area contributed by atoms with Crippen molar-refractivity contribution in [2.24, 2.45) is 16.7 Å². The van der Waals surface area contributed by atoms with Gasteiger partial charge in [-0.1, -0.05) is 112 Å². The van der Waals surface area contributed by atoms with Crippen molar-refractivity contribution >= 4 is 13.3 Å². The molecule has 0 spiro atoms. The molecule has 0 heterocycles. The molecule has 0 unspecified atom stereocenters. The highest BCUT2D eigenvalue weighted by Gasteiger charge is 2.70. The summed E-state index contributed by atoms with van der Waals surface area (Å²) in [5.41, 5.74) is 3.91. The Labute approximate surface area is 201 Å². The molecule has 2 aliphatic carbocycles. The van der Waals surface area contributed by atoms with Crippen LogP contribution in [0.15, 0.2) is 78.9 Å². The third-order valence-corrected chi connectivity index (χ3v) is 11.4. The van der Waals surface area contributed by atoms with E-state index in [1.54, 1.807) is 0 Å². The van der Waals surface area contributed by atoms with Gasteiger partial charge in [0.2, 0.25) is 0 Å². The van der Waals surface area contributed by atoms with Crippen LogP contribution in [0.3, 0.4) is 0 Å². The molecule has 2 bridgehead atoms. The van der Waals surface area contributed by atoms with Gasteiger partial charge in [0.1, 0.15) is 11.4 Å². The van der Waals surface area contributed by atoms with Crippen molar-refractivity contribution in [3.63, 3.8) is 0 Å². The normalized spacial score (nSPS) is 28.1. The first-order chi connectivity index (χ1) is 15.6. The quantitative estimate of drug-likeness (QED) is 0.355. The van der Waals surface area contributed by atoms with Crippen molar-refractivity contribution in [3.8, 4) is 16.9 Å². The SMILES string of the molecule is CC1(C)[C@@H]2CC[C@@]1(C)[C@@](Oc1ccc([Si](C)(C)C)cc1)(c1ccc(-c3ccccc3)cc1)C2. The maximum absolute atomic E-state index is 7.15. The first kappa shape index (κ1) is 22.5. The topological polar surface area (TPSA) is 9.23 Å². The minimum Gasteiger partial charge on any atom is -0.482 e. The fourth-order valence-corrected chi connectivity index (χ4v) is 7.85. The van der Waals surface area contributed by atoms with Gasteiger partial charge in [-0.05, 0) is 59.4 Å². The maximum Gasteiger partial charge on any atom is 0.140 e. The molecule has 0 radical (unpaired) electrons. The highest BCUT2D eigenvalue weighted by molar-refractivity contribution is 6.88. The predicted molar refractivity (Wildman–Crippen MR) is 143 cm³/mol. The average molecular weight is 455 g/mol. The predicted octanol–water partition coefficient (Wildman–Crippen LogP) is 8.02. The van der Waals surface area contributed by atoms with Crippen molar-refractivity contribution in [1.82, 2.24) is 0 Å². The zero-order valence-electron chi connectivity index (χ0n) is 21.1. The fraction of sp³-hybridized carbons (Fsp3) is 0.419. The molecule has 0 aromatic heterocycles. The largest absolute Gasteiger partial charge is 0.482 e. The summed E-state index contributed by atoms with van der Waals surface area (Å²) in [6.07, 6.45) is 3.63. The van der Waals surface area contributed by atoms with Gasteiger partial charge in [-0.15, -0.1) is 0 Å². The molecule has 0 N–H and O–H groups in total. The Hall–Kier alpha value is -2.32.